The Kier molecular flexibility index (Phi) is 4.33. The van der Waals surface area contributed by atoms with Crippen LogP contribution in [0.25, 0.3) is 11.0 Å². The Hall–Kier alpha value is -1.39. The molecule has 3 rings (SSSR count). The standard InChI is InChI=1S/C16H23N3O/c1-2-9-19-15-8-4-3-7-14(15)18-16(19)11-17-13-6-5-10-20-12-13/h3-4,7-8,13,17H,2,5-6,9-12H2,1H3. The van der Waals surface area contributed by atoms with Gasteiger partial charge in [0.1, 0.15) is 5.82 Å². The fourth-order valence-corrected chi connectivity index (χ4v) is 2.87. The highest BCUT2D eigenvalue weighted by molar-refractivity contribution is 5.75. The van der Waals surface area contributed by atoms with Crippen molar-refractivity contribution in [3.63, 3.8) is 0 Å². The van der Waals surface area contributed by atoms with Gasteiger partial charge in [0.2, 0.25) is 0 Å². The van der Waals surface area contributed by atoms with Crippen LogP contribution in [0.3, 0.4) is 0 Å². The van der Waals surface area contributed by atoms with E-state index in [1.54, 1.807) is 0 Å². The third-order valence-electron chi connectivity index (χ3n) is 3.89. The molecular weight excluding hydrogens is 250 g/mol. The molecule has 1 atom stereocenters. The van der Waals surface area contributed by atoms with Crippen molar-refractivity contribution < 1.29 is 4.74 Å². The van der Waals surface area contributed by atoms with Gasteiger partial charge in [-0.25, -0.2) is 4.98 Å². The second kappa shape index (κ2) is 6.37. The Balaban J connectivity index is 1.77. The molecular formula is C16H23N3O. The lowest BCUT2D eigenvalue weighted by molar-refractivity contribution is 0.0696. The van der Waals surface area contributed by atoms with Crippen LogP contribution in [-0.2, 0) is 17.8 Å². The number of aryl methyl sites for hydroxylation is 1. The number of benzene rings is 1. The Labute approximate surface area is 120 Å². The van der Waals surface area contributed by atoms with Gasteiger partial charge in [-0.2, -0.15) is 0 Å². The Bertz CT molecular complexity index is 558. The number of hydrogen-bond donors (Lipinski definition) is 1. The number of rotatable bonds is 5. The van der Waals surface area contributed by atoms with Crippen LogP contribution in [0.1, 0.15) is 32.0 Å². The Morgan fingerprint density at radius 1 is 1.40 bits per heavy atom. The molecule has 1 saturated heterocycles. The van der Waals surface area contributed by atoms with Gasteiger partial charge in [-0.05, 0) is 31.4 Å². The van der Waals surface area contributed by atoms with Crippen LogP contribution in [0.5, 0.6) is 0 Å². The van der Waals surface area contributed by atoms with E-state index in [0.29, 0.717) is 6.04 Å². The lowest BCUT2D eigenvalue weighted by Gasteiger charge is -2.23. The maximum absolute atomic E-state index is 5.52. The minimum absolute atomic E-state index is 0.471. The van der Waals surface area contributed by atoms with Crippen LogP contribution in [0.2, 0.25) is 0 Å². The zero-order chi connectivity index (χ0) is 13.8. The van der Waals surface area contributed by atoms with Crippen molar-refractivity contribution in [2.45, 2.75) is 45.3 Å². The fraction of sp³-hybridized carbons (Fsp3) is 0.562. The molecule has 1 aliphatic heterocycles. The summed E-state index contributed by atoms with van der Waals surface area (Å²) >= 11 is 0. The smallest absolute Gasteiger partial charge is 0.123 e. The van der Waals surface area contributed by atoms with E-state index >= 15 is 0 Å². The molecule has 20 heavy (non-hydrogen) atoms. The van der Waals surface area contributed by atoms with Crippen molar-refractivity contribution in [3.05, 3.63) is 30.1 Å². The van der Waals surface area contributed by atoms with Gasteiger partial charge in [0.05, 0.1) is 24.2 Å². The third kappa shape index (κ3) is 2.86. The van der Waals surface area contributed by atoms with E-state index in [4.69, 9.17) is 9.72 Å². The summed E-state index contributed by atoms with van der Waals surface area (Å²) in [5.41, 5.74) is 2.34. The Morgan fingerprint density at radius 2 is 2.30 bits per heavy atom. The van der Waals surface area contributed by atoms with Gasteiger partial charge in [0, 0.05) is 19.2 Å². The summed E-state index contributed by atoms with van der Waals surface area (Å²) in [6.07, 6.45) is 3.48. The van der Waals surface area contributed by atoms with E-state index in [9.17, 15) is 0 Å². The molecule has 1 N–H and O–H groups in total. The van der Waals surface area contributed by atoms with Crippen molar-refractivity contribution >= 4 is 11.0 Å². The summed E-state index contributed by atoms with van der Waals surface area (Å²) in [6.45, 7) is 5.79. The molecule has 0 spiro atoms. The number of fused-ring (bicyclic) bond motifs is 1. The summed E-state index contributed by atoms with van der Waals surface area (Å²) in [5.74, 6) is 1.14. The average Bonchev–Trinajstić information content (AvgIpc) is 2.85. The Morgan fingerprint density at radius 3 is 3.10 bits per heavy atom. The molecule has 1 aromatic carbocycles. The van der Waals surface area contributed by atoms with Crippen LogP contribution in [-0.4, -0.2) is 28.8 Å². The predicted octanol–water partition coefficient (Wildman–Crippen LogP) is 2.71. The van der Waals surface area contributed by atoms with E-state index in [1.807, 2.05) is 0 Å². The fourth-order valence-electron chi connectivity index (χ4n) is 2.87. The van der Waals surface area contributed by atoms with E-state index in [2.05, 4.69) is 41.1 Å². The van der Waals surface area contributed by atoms with Crippen LogP contribution < -0.4 is 5.32 Å². The number of aromatic nitrogens is 2. The first-order chi connectivity index (χ1) is 9.88. The average molecular weight is 273 g/mol. The van der Waals surface area contributed by atoms with Gasteiger partial charge >= 0.3 is 0 Å². The van der Waals surface area contributed by atoms with E-state index < -0.39 is 0 Å². The molecule has 108 valence electrons. The first-order valence-electron chi connectivity index (χ1n) is 7.63. The number of nitrogens with zero attached hydrogens (tertiary/aromatic N) is 2. The van der Waals surface area contributed by atoms with Crippen LogP contribution >= 0.6 is 0 Å². The number of para-hydroxylation sites is 2. The van der Waals surface area contributed by atoms with Gasteiger partial charge in [-0.3, -0.25) is 0 Å². The molecule has 0 amide bonds. The quantitative estimate of drug-likeness (QED) is 0.910. The largest absolute Gasteiger partial charge is 0.380 e. The van der Waals surface area contributed by atoms with E-state index in [0.717, 1.165) is 50.5 Å². The number of ether oxygens (including phenoxy) is 1. The second-order valence-electron chi connectivity index (χ2n) is 5.46. The first-order valence-corrected chi connectivity index (χ1v) is 7.63. The maximum Gasteiger partial charge on any atom is 0.123 e. The molecule has 1 aromatic heterocycles. The normalized spacial score (nSPS) is 19.6. The van der Waals surface area contributed by atoms with Crippen molar-refractivity contribution in [2.75, 3.05) is 13.2 Å². The van der Waals surface area contributed by atoms with Crippen LogP contribution in [0.4, 0.5) is 0 Å². The number of imidazole rings is 1. The molecule has 4 heteroatoms. The highest BCUT2D eigenvalue weighted by atomic mass is 16.5. The van der Waals surface area contributed by atoms with E-state index in [1.165, 1.54) is 11.9 Å². The van der Waals surface area contributed by atoms with Crippen molar-refractivity contribution in [2.24, 2.45) is 0 Å². The zero-order valence-electron chi connectivity index (χ0n) is 12.1. The van der Waals surface area contributed by atoms with Gasteiger partial charge in [0.15, 0.2) is 0 Å². The molecule has 1 aliphatic rings. The van der Waals surface area contributed by atoms with Gasteiger partial charge in [-0.1, -0.05) is 19.1 Å². The van der Waals surface area contributed by atoms with Gasteiger partial charge < -0.3 is 14.6 Å². The SMILES string of the molecule is CCCn1c(CNC2CCCOC2)nc2ccccc21. The monoisotopic (exact) mass is 273 g/mol. The number of hydrogen-bond acceptors (Lipinski definition) is 3. The van der Waals surface area contributed by atoms with Crippen molar-refractivity contribution in [1.29, 1.82) is 0 Å². The molecule has 1 unspecified atom stereocenters. The van der Waals surface area contributed by atoms with E-state index in [-0.39, 0.29) is 0 Å². The van der Waals surface area contributed by atoms with Crippen LogP contribution in [0.15, 0.2) is 24.3 Å². The van der Waals surface area contributed by atoms with Crippen molar-refractivity contribution in [1.82, 2.24) is 14.9 Å². The molecule has 1 fully saturated rings. The molecule has 2 heterocycles. The molecule has 0 aliphatic carbocycles. The lowest BCUT2D eigenvalue weighted by Crippen LogP contribution is -2.36. The topological polar surface area (TPSA) is 39.1 Å². The summed E-state index contributed by atoms with van der Waals surface area (Å²) in [6, 6.07) is 8.86. The molecule has 4 nitrogen and oxygen atoms in total. The maximum atomic E-state index is 5.52. The minimum atomic E-state index is 0.471. The molecule has 0 saturated carbocycles. The van der Waals surface area contributed by atoms with Gasteiger partial charge in [0.25, 0.3) is 0 Å². The summed E-state index contributed by atoms with van der Waals surface area (Å²) in [7, 11) is 0. The number of nitrogens with one attached hydrogen (secondary N) is 1. The summed E-state index contributed by atoms with van der Waals surface area (Å²) in [4.78, 5) is 4.78. The summed E-state index contributed by atoms with van der Waals surface area (Å²) in [5, 5.41) is 3.59. The second-order valence-corrected chi connectivity index (χ2v) is 5.46. The first kappa shape index (κ1) is 13.6. The highest BCUT2D eigenvalue weighted by Crippen LogP contribution is 2.17. The molecule has 0 bridgehead atoms. The summed E-state index contributed by atoms with van der Waals surface area (Å²) < 4.78 is 7.86. The molecule has 0 radical (unpaired) electrons. The highest BCUT2D eigenvalue weighted by Gasteiger charge is 2.15. The third-order valence-corrected chi connectivity index (χ3v) is 3.89. The molecule has 2 aromatic rings. The minimum Gasteiger partial charge on any atom is -0.380 e. The zero-order valence-corrected chi connectivity index (χ0v) is 12.1. The predicted molar refractivity (Wildman–Crippen MR) is 80.7 cm³/mol. The van der Waals surface area contributed by atoms with Crippen LogP contribution in [0, 0.1) is 0 Å². The van der Waals surface area contributed by atoms with Gasteiger partial charge in [-0.15, -0.1) is 0 Å². The van der Waals surface area contributed by atoms with Crippen molar-refractivity contribution in [3.8, 4) is 0 Å². The lowest BCUT2D eigenvalue weighted by atomic mass is 10.1.